The average Bonchev–Trinajstić information content (AvgIpc) is 2.73. The molecule has 0 bridgehead atoms. The zero-order chi connectivity index (χ0) is 19.1. The van der Waals surface area contributed by atoms with E-state index in [2.05, 4.69) is 29.0 Å². The summed E-state index contributed by atoms with van der Waals surface area (Å²) in [5.74, 6) is 1.64. The number of hydrogen-bond donors (Lipinski definition) is 1. The molecule has 1 aliphatic heterocycles. The molecule has 3 heterocycles. The Hall–Kier alpha value is -3.47. The summed E-state index contributed by atoms with van der Waals surface area (Å²) in [6, 6.07) is 15.8. The molecule has 5 rings (SSSR count). The lowest BCUT2D eigenvalue weighted by molar-refractivity contribution is 0.257. The van der Waals surface area contributed by atoms with Crippen LogP contribution in [0.4, 0.5) is 0 Å². The zero-order valence-corrected chi connectivity index (χ0v) is 15.5. The van der Waals surface area contributed by atoms with Crippen LogP contribution in [0.3, 0.4) is 0 Å². The second-order valence-corrected chi connectivity index (χ2v) is 7.24. The van der Waals surface area contributed by atoms with E-state index >= 15 is 0 Å². The predicted molar refractivity (Wildman–Crippen MR) is 109 cm³/mol. The molecular formula is C23H19N3O2. The van der Waals surface area contributed by atoms with Crippen LogP contribution in [0.1, 0.15) is 22.9 Å². The van der Waals surface area contributed by atoms with Crippen LogP contribution in [-0.4, -0.2) is 21.6 Å². The average molecular weight is 369 g/mol. The fraction of sp³-hybridized carbons (Fsp3) is 0.174. The van der Waals surface area contributed by atoms with E-state index in [1.54, 1.807) is 12.4 Å². The van der Waals surface area contributed by atoms with Crippen molar-refractivity contribution in [1.29, 1.82) is 0 Å². The highest BCUT2D eigenvalue weighted by atomic mass is 16.5. The molecule has 4 aromatic rings. The lowest BCUT2D eigenvalue weighted by atomic mass is 9.94. The summed E-state index contributed by atoms with van der Waals surface area (Å²) in [6.07, 6.45) is 4.29. The van der Waals surface area contributed by atoms with Crippen molar-refractivity contribution in [2.45, 2.75) is 19.3 Å². The van der Waals surface area contributed by atoms with Gasteiger partial charge in [-0.1, -0.05) is 23.8 Å². The van der Waals surface area contributed by atoms with Crippen LogP contribution < -0.4 is 10.3 Å². The molecule has 0 saturated heterocycles. The maximum atomic E-state index is 12.8. The lowest BCUT2D eigenvalue weighted by Gasteiger charge is -2.25. The number of benzene rings is 2. The number of nitrogens with zero attached hydrogens (tertiary/aromatic N) is 2. The Morgan fingerprint density at radius 1 is 1.04 bits per heavy atom. The molecule has 1 atom stereocenters. The van der Waals surface area contributed by atoms with Crippen LogP contribution >= 0.6 is 0 Å². The van der Waals surface area contributed by atoms with Gasteiger partial charge >= 0.3 is 0 Å². The van der Waals surface area contributed by atoms with Gasteiger partial charge in [0.1, 0.15) is 11.6 Å². The fourth-order valence-corrected chi connectivity index (χ4v) is 3.77. The SMILES string of the molecule is Cc1ccc2c(c1)CC(c1nc3ccc(-c4ccncc4)cc3c(=O)[nH]1)CO2. The summed E-state index contributed by atoms with van der Waals surface area (Å²) in [5.41, 5.74) is 4.93. The minimum atomic E-state index is -0.119. The van der Waals surface area contributed by atoms with E-state index in [0.717, 1.165) is 28.9 Å². The third-order valence-electron chi connectivity index (χ3n) is 5.25. The molecule has 138 valence electrons. The molecule has 1 unspecified atom stereocenters. The van der Waals surface area contributed by atoms with Crippen LogP contribution in [0.5, 0.6) is 5.75 Å². The summed E-state index contributed by atoms with van der Waals surface area (Å²) < 4.78 is 5.91. The number of hydrogen-bond acceptors (Lipinski definition) is 4. The van der Waals surface area contributed by atoms with E-state index in [1.807, 2.05) is 36.4 Å². The molecule has 0 amide bonds. The summed E-state index contributed by atoms with van der Waals surface area (Å²) in [7, 11) is 0. The van der Waals surface area contributed by atoms with Crippen LogP contribution in [-0.2, 0) is 6.42 Å². The Morgan fingerprint density at radius 3 is 2.75 bits per heavy atom. The first kappa shape index (κ1) is 16.7. The lowest BCUT2D eigenvalue weighted by Crippen LogP contribution is -2.24. The van der Waals surface area contributed by atoms with Crippen LogP contribution in [0.2, 0.25) is 0 Å². The number of fused-ring (bicyclic) bond motifs is 2. The fourth-order valence-electron chi connectivity index (χ4n) is 3.77. The molecule has 2 aromatic carbocycles. The minimum Gasteiger partial charge on any atom is -0.493 e. The standard InChI is InChI=1S/C23H19N3O2/c1-14-2-5-21-17(10-14)11-18(13-28-21)22-25-20-4-3-16(12-19(20)23(27)26-22)15-6-8-24-9-7-15/h2-10,12,18H,11,13H2,1H3,(H,25,26,27). The number of H-pyrrole nitrogens is 1. The van der Waals surface area contributed by atoms with Gasteiger partial charge in [-0.3, -0.25) is 9.78 Å². The summed E-state index contributed by atoms with van der Waals surface area (Å²) in [4.78, 5) is 24.5. The van der Waals surface area contributed by atoms with Gasteiger partial charge in [0.2, 0.25) is 0 Å². The Balaban J connectivity index is 1.53. The number of aromatic amines is 1. The highest BCUT2D eigenvalue weighted by Crippen LogP contribution is 2.32. The Bertz CT molecular complexity index is 1230. The molecular weight excluding hydrogens is 350 g/mol. The van der Waals surface area contributed by atoms with Crippen LogP contribution in [0.15, 0.2) is 65.7 Å². The molecule has 0 aliphatic carbocycles. The first-order chi connectivity index (χ1) is 13.7. The van der Waals surface area contributed by atoms with E-state index in [1.165, 1.54) is 5.56 Å². The summed E-state index contributed by atoms with van der Waals surface area (Å²) in [5, 5.41) is 0.589. The maximum Gasteiger partial charge on any atom is 0.258 e. The van der Waals surface area contributed by atoms with Crippen molar-refractivity contribution in [3.63, 3.8) is 0 Å². The van der Waals surface area contributed by atoms with Gasteiger partial charge in [0.15, 0.2) is 0 Å². The van der Waals surface area contributed by atoms with Crippen molar-refractivity contribution in [1.82, 2.24) is 15.0 Å². The maximum absolute atomic E-state index is 12.8. The van der Waals surface area contributed by atoms with Gasteiger partial charge in [0.25, 0.3) is 5.56 Å². The van der Waals surface area contributed by atoms with Gasteiger partial charge < -0.3 is 9.72 Å². The van der Waals surface area contributed by atoms with E-state index in [0.29, 0.717) is 23.3 Å². The predicted octanol–water partition coefficient (Wildman–Crippen LogP) is 4.01. The summed E-state index contributed by atoms with van der Waals surface area (Å²) >= 11 is 0. The molecule has 5 nitrogen and oxygen atoms in total. The van der Waals surface area contributed by atoms with E-state index in [-0.39, 0.29) is 11.5 Å². The highest BCUT2D eigenvalue weighted by molar-refractivity contribution is 5.83. The van der Waals surface area contributed by atoms with Gasteiger partial charge in [0.05, 0.1) is 23.4 Å². The molecule has 1 N–H and O–H groups in total. The van der Waals surface area contributed by atoms with Gasteiger partial charge in [-0.25, -0.2) is 4.98 Å². The van der Waals surface area contributed by atoms with Crippen molar-refractivity contribution in [3.05, 3.63) is 88.2 Å². The Labute approximate surface area is 162 Å². The largest absolute Gasteiger partial charge is 0.493 e. The smallest absolute Gasteiger partial charge is 0.258 e. The molecule has 0 fully saturated rings. The Morgan fingerprint density at radius 2 is 1.89 bits per heavy atom. The van der Waals surface area contributed by atoms with E-state index in [4.69, 9.17) is 9.72 Å². The van der Waals surface area contributed by atoms with Gasteiger partial charge in [-0.2, -0.15) is 0 Å². The minimum absolute atomic E-state index is 0.0336. The molecule has 0 radical (unpaired) electrons. The highest BCUT2D eigenvalue weighted by Gasteiger charge is 2.24. The Kier molecular flexibility index (Phi) is 3.93. The van der Waals surface area contributed by atoms with Crippen molar-refractivity contribution in [2.75, 3.05) is 6.61 Å². The number of ether oxygens (including phenoxy) is 1. The van der Waals surface area contributed by atoms with Crippen molar-refractivity contribution in [2.24, 2.45) is 0 Å². The molecule has 0 saturated carbocycles. The molecule has 5 heteroatoms. The van der Waals surface area contributed by atoms with Gasteiger partial charge in [0, 0.05) is 12.4 Å². The van der Waals surface area contributed by atoms with Crippen molar-refractivity contribution < 1.29 is 4.74 Å². The van der Waals surface area contributed by atoms with Crippen LogP contribution in [0.25, 0.3) is 22.0 Å². The normalized spacial score (nSPS) is 15.8. The number of aromatic nitrogens is 3. The monoisotopic (exact) mass is 369 g/mol. The van der Waals surface area contributed by atoms with Crippen LogP contribution in [0, 0.1) is 6.92 Å². The number of rotatable bonds is 2. The van der Waals surface area contributed by atoms with Gasteiger partial charge in [-0.15, -0.1) is 0 Å². The third kappa shape index (κ3) is 2.95. The molecule has 1 aliphatic rings. The molecule has 2 aromatic heterocycles. The number of nitrogens with one attached hydrogen (secondary N) is 1. The third-order valence-corrected chi connectivity index (χ3v) is 5.25. The topological polar surface area (TPSA) is 67.9 Å². The van der Waals surface area contributed by atoms with Crippen molar-refractivity contribution in [3.8, 4) is 16.9 Å². The van der Waals surface area contributed by atoms with Gasteiger partial charge in [-0.05, 0) is 60.4 Å². The first-order valence-electron chi connectivity index (χ1n) is 9.34. The van der Waals surface area contributed by atoms with E-state index in [9.17, 15) is 4.79 Å². The second-order valence-electron chi connectivity index (χ2n) is 7.24. The number of aryl methyl sites for hydroxylation is 1. The number of pyridine rings is 1. The second kappa shape index (κ2) is 6.60. The first-order valence-corrected chi connectivity index (χ1v) is 9.34. The quantitative estimate of drug-likeness (QED) is 0.580. The van der Waals surface area contributed by atoms with Crippen molar-refractivity contribution >= 4 is 10.9 Å². The summed E-state index contributed by atoms with van der Waals surface area (Å²) in [6.45, 7) is 2.58. The van der Waals surface area contributed by atoms with E-state index < -0.39 is 0 Å². The molecule has 0 spiro atoms. The molecule has 28 heavy (non-hydrogen) atoms. The zero-order valence-electron chi connectivity index (χ0n) is 15.5.